The van der Waals surface area contributed by atoms with E-state index in [1.54, 1.807) is 11.3 Å². The summed E-state index contributed by atoms with van der Waals surface area (Å²) >= 11 is 1.56. The standard InChI is InChI=1S/C16H20N4O2S/c1-10-5-12(17)6-14(18-10)15-8-20(3-4-22-15)16(21)7-13-9-23-11(2)19-13/h5-6,9,15H,3-4,7-8H2,1-2H3,(H2,17,18). The van der Waals surface area contributed by atoms with Crippen LogP contribution in [0.1, 0.15) is 28.2 Å². The van der Waals surface area contributed by atoms with Gasteiger partial charge in [0.15, 0.2) is 0 Å². The van der Waals surface area contributed by atoms with Crippen LogP contribution in [0, 0.1) is 13.8 Å². The molecule has 2 aromatic rings. The number of morpholine rings is 1. The first-order chi connectivity index (χ1) is 11.0. The molecule has 1 unspecified atom stereocenters. The topological polar surface area (TPSA) is 81.3 Å². The molecule has 0 radical (unpaired) electrons. The second-order valence-electron chi connectivity index (χ2n) is 5.70. The van der Waals surface area contributed by atoms with Crippen molar-refractivity contribution in [1.82, 2.24) is 14.9 Å². The lowest BCUT2D eigenvalue weighted by Crippen LogP contribution is -2.43. The number of aryl methyl sites for hydroxylation is 2. The van der Waals surface area contributed by atoms with Gasteiger partial charge >= 0.3 is 0 Å². The summed E-state index contributed by atoms with van der Waals surface area (Å²) in [4.78, 5) is 23.1. The number of anilines is 1. The van der Waals surface area contributed by atoms with Gasteiger partial charge in [0, 0.05) is 23.3 Å². The average molecular weight is 332 g/mol. The van der Waals surface area contributed by atoms with Crippen LogP contribution in [0.3, 0.4) is 0 Å². The highest BCUT2D eigenvalue weighted by molar-refractivity contribution is 7.09. The molecule has 1 fully saturated rings. The highest BCUT2D eigenvalue weighted by Crippen LogP contribution is 2.23. The number of pyridine rings is 1. The smallest absolute Gasteiger partial charge is 0.228 e. The second-order valence-corrected chi connectivity index (χ2v) is 6.76. The summed E-state index contributed by atoms with van der Waals surface area (Å²) in [6.45, 7) is 5.44. The number of amides is 1. The fourth-order valence-corrected chi connectivity index (χ4v) is 3.31. The van der Waals surface area contributed by atoms with Crippen molar-refractivity contribution in [3.63, 3.8) is 0 Å². The Balaban J connectivity index is 1.69. The molecule has 0 spiro atoms. The number of rotatable bonds is 3. The van der Waals surface area contributed by atoms with E-state index < -0.39 is 0 Å². The monoisotopic (exact) mass is 332 g/mol. The summed E-state index contributed by atoms with van der Waals surface area (Å²) in [5.41, 5.74) is 9.01. The predicted molar refractivity (Wildman–Crippen MR) is 89.2 cm³/mol. The Morgan fingerprint density at radius 1 is 1.43 bits per heavy atom. The average Bonchev–Trinajstić information content (AvgIpc) is 2.91. The molecule has 1 amide bonds. The van der Waals surface area contributed by atoms with Gasteiger partial charge in [-0.15, -0.1) is 11.3 Å². The van der Waals surface area contributed by atoms with Crippen molar-refractivity contribution in [1.29, 1.82) is 0 Å². The molecule has 2 N–H and O–H groups in total. The number of ether oxygens (including phenoxy) is 1. The summed E-state index contributed by atoms with van der Waals surface area (Å²) < 4.78 is 5.78. The van der Waals surface area contributed by atoms with E-state index >= 15 is 0 Å². The molecule has 6 nitrogen and oxygen atoms in total. The molecular weight excluding hydrogens is 312 g/mol. The predicted octanol–water partition coefficient (Wildman–Crippen LogP) is 1.88. The van der Waals surface area contributed by atoms with Crippen LogP contribution in [0.25, 0.3) is 0 Å². The Bertz CT molecular complexity index is 696. The van der Waals surface area contributed by atoms with Crippen LogP contribution in [0.4, 0.5) is 5.69 Å². The zero-order chi connectivity index (χ0) is 16.4. The number of hydrogen-bond donors (Lipinski definition) is 1. The van der Waals surface area contributed by atoms with Gasteiger partial charge in [0.25, 0.3) is 0 Å². The maximum absolute atomic E-state index is 12.5. The van der Waals surface area contributed by atoms with Gasteiger partial charge < -0.3 is 15.4 Å². The van der Waals surface area contributed by atoms with Crippen LogP contribution in [-0.2, 0) is 16.0 Å². The molecule has 0 aromatic carbocycles. The van der Waals surface area contributed by atoms with E-state index in [0.29, 0.717) is 31.8 Å². The number of nitrogens with two attached hydrogens (primary N) is 1. The summed E-state index contributed by atoms with van der Waals surface area (Å²) in [5.74, 6) is 0.0734. The number of hydrogen-bond acceptors (Lipinski definition) is 6. The third kappa shape index (κ3) is 3.86. The van der Waals surface area contributed by atoms with E-state index in [9.17, 15) is 4.79 Å². The Morgan fingerprint density at radius 2 is 2.26 bits per heavy atom. The lowest BCUT2D eigenvalue weighted by Gasteiger charge is -2.32. The van der Waals surface area contributed by atoms with Crippen molar-refractivity contribution in [2.45, 2.75) is 26.4 Å². The Hall–Kier alpha value is -1.99. The first-order valence-corrected chi connectivity index (χ1v) is 8.43. The maximum atomic E-state index is 12.5. The Morgan fingerprint density at radius 3 is 2.96 bits per heavy atom. The molecule has 0 aliphatic carbocycles. The lowest BCUT2D eigenvalue weighted by atomic mass is 10.1. The molecule has 7 heteroatoms. The van der Waals surface area contributed by atoms with Crippen LogP contribution in [-0.4, -0.2) is 40.5 Å². The van der Waals surface area contributed by atoms with Crippen molar-refractivity contribution in [3.05, 3.63) is 39.6 Å². The number of nitrogen functional groups attached to an aromatic ring is 1. The minimum Gasteiger partial charge on any atom is -0.399 e. The first kappa shape index (κ1) is 15.9. The van der Waals surface area contributed by atoms with Gasteiger partial charge in [0.1, 0.15) is 6.10 Å². The number of carbonyl (C=O) groups excluding carboxylic acids is 1. The molecule has 0 bridgehead atoms. The highest BCUT2D eigenvalue weighted by Gasteiger charge is 2.27. The molecule has 1 aliphatic heterocycles. The normalized spacial score (nSPS) is 18.2. The fraction of sp³-hybridized carbons (Fsp3) is 0.438. The SMILES string of the molecule is Cc1cc(N)cc(C2CN(C(=O)Cc3csc(C)n3)CCO2)n1. The molecular formula is C16H20N4O2S. The lowest BCUT2D eigenvalue weighted by molar-refractivity contribution is -0.138. The van der Waals surface area contributed by atoms with Crippen LogP contribution in [0.5, 0.6) is 0 Å². The Kier molecular flexibility index (Phi) is 4.58. The van der Waals surface area contributed by atoms with Crippen LogP contribution < -0.4 is 5.73 Å². The van der Waals surface area contributed by atoms with E-state index in [1.165, 1.54) is 0 Å². The quantitative estimate of drug-likeness (QED) is 0.928. The molecule has 3 heterocycles. The van der Waals surface area contributed by atoms with Crippen molar-refractivity contribution in [2.75, 3.05) is 25.4 Å². The van der Waals surface area contributed by atoms with Crippen molar-refractivity contribution in [2.24, 2.45) is 0 Å². The highest BCUT2D eigenvalue weighted by atomic mass is 32.1. The van der Waals surface area contributed by atoms with Gasteiger partial charge in [-0.05, 0) is 26.0 Å². The molecule has 0 saturated carbocycles. The van der Waals surface area contributed by atoms with Gasteiger partial charge in [-0.2, -0.15) is 0 Å². The van der Waals surface area contributed by atoms with Crippen molar-refractivity contribution in [3.8, 4) is 0 Å². The van der Waals surface area contributed by atoms with E-state index in [0.717, 1.165) is 22.1 Å². The second kappa shape index (κ2) is 6.64. The molecule has 122 valence electrons. The molecule has 1 saturated heterocycles. The number of aromatic nitrogens is 2. The van der Waals surface area contributed by atoms with Crippen molar-refractivity contribution >= 4 is 22.9 Å². The van der Waals surface area contributed by atoms with E-state index in [1.807, 2.05) is 36.3 Å². The minimum absolute atomic E-state index is 0.0734. The summed E-state index contributed by atoms with van der Waals surface area (Å²) in [5, 5.41) is 2.92. The number of nitrogens with zero attached hydrogens (tertiary/aromatic N) is 3. The third-order valence-corrected chi connectivity index (χ3v) is 4.57. The number of carbonyl (C=O) groups is 1. The summed E-state index contributed by atoms with van der Waals surface area (Å²) in [7, 11) is 0. The van der Waals surface area contributed by atoms with Crippen LogP contribution in [0.2, 0.25) is 0 Å². The molecule has 1 aliphatic rings. The van der Waals surface area contributed by atoms with Gasteiger partial charge in [0.2, 0.25) is 5.91 Å². The maximum Gasteiger partial charge on any atom is 0.228 e. The number of thiazole rings is 1. The molecule has 3 rings (SSSR count). The van der Waals surface area contributed by atoms with E-state index in [4.69, 9.17) is 10.5 Å². The van der Waals surface area contributed by atoms with Crippen LogP contribution in [0.15, 0.2) is 17.5 Å². The minimum atomic E-state index is -0.230. The zero-order valence-electron chi connectivity index (χ0n) is 13.3. The van der Waals surface area contributed by atoms with Gasteiger partial charge in [-0.3, -0.25) is 9.78 Å². The van der Waals surface area contributed by atoms with Gasteiger partial charge in [-0.25, -0.2) is 4.98 Å². The first-order valence-electron chi connectivity index (χ1n) is 7.55. The third-order valence-electron chi connectivity index (χ3n) is 3.74. The van der Waals surface area contributed by atoms with Gasteiger partial charge in [-0.1, -0.05) is 0 Å². The summed E-state index contributed by atoms with van der Waals surface area (Å²) in [6, 6.07) is 3.63. The Labute approximate surface area is 139 Å². The largest absolute Gasteiger partial charge is 0.399 e. The molecule has 23 heavy (non-hydrogen) atoms. The molecule has 1 atom stereocenters. The van der Waals surface area contributed by atoms with E-state index in [-0.39, 0.29) is 12.0 Å². The van der Waals surface area contributed by atoms with E-state index in [2.05, 4.69) is 9.97 Å². The fourth-order valence-electron chi connectivity index (χ4n) is 2.70. The molecule has 2 aromatic heterocycles. The zero-order valence-corrected chi connectivity index (χ0v) is 14.1. The van der Waals surface area contributed by atoms with Crippen molar-refractivity contribution < 1.29 is 9.53 Å². The van der Waals surface area contributed by atoms with Crippen LogP contribution >= 0.6 is 11.3 Å². The summed E-state index contributed by atoms with van der Waals surface area (Å²) in [6.07, 6.45) is 0.104. The van der Waals surface area contributed by atoms with Gasteiger partial charge in [0.05, 0.1) is 36.0 Å².